The van der Waals surface area contributed by atoms with Gasteiger partial charge in [0, 0.05) is 23.8 Å². The third kappa shape index (κ3) is 5.88. The molecule has 0 fully saturated rings. The lowest BCUT2D eigenvalue weighted by Gasteiger charge is -2.13. The van der Waals surface area contributed by atoms with Crippen LogP contribution < -0.4 is 14.8 Å². The number of anilines is 1. The third-order valence-electron chi connectivity index (χ3n) is 4.65. The van der Waals surface area contributed by atoms with Gasteiger partial charge in [0.25, 0.3) is 0 Å². The number of unbranched alkanes of at least 4 members (excludes halogenated alkanes) is 3. The summed E-state index contributed by atoms with van der Waals surface area (Å²) < 4.78 is 11.9. The molecule has 4 nitrogen and oxygen atoms in total. The fourth-order valence-corrected chi connectivity index (χ4v) is 3.13. The maximum absolute atomic E-state index is 5.96. The van der Waals surface area contributed by atoms with Gasteiger partial charge in [0.2, 0.25) is 0 Å². The Kier molecular flexibility index (Phi) is 7.98. The summed E-state index contributed by atoms with van der Waals surface area (Å²) in [5.74, 6) is 1.67. The summed E-state index contributed by atoms with van der Waals surface area (Å²) in [4.78, 5) is 4.40. The van der Waals surface area contributed by atoms with Gasteiger partial charge in [-0.25, -0.2) is 0 Å². The van der Waals surface area contributed by atoms with E-state index in [1.54, 1.807) is 0 Å². The molecular weight excluding hydrogens is 348 g/mol. The van der Waals surface area contributed by atoms with Crippen LogP contribution in [0.15, 0.2) is 60.8 Å². The SMILES string of the molecule is CCCCCCOc1ccccc1OCCCNc1ccnc2ccccc12. The van der Waals surface area contributed by atoms with Crippen molar-refractivity contribution in [1.82, 2.24) is 4.98 Å². The molecule has 28 heavy (non-hydrogen) atoms. The molecule has 0 aliphatic carbocycles. The maximum atomic E-state index is 5.96. The number of nitrogens with one attached hydrogen (secondary N) is 1. The van der Waals surface area contributed by atoms with Crippen LogP contribution >= 0.6 is 0 Å². The first-order chi connectivity index (χ1) is 13.9. The molecule has 2 aromatic carbocycles. The zero-order chi connectivity index (χ0) is 19.4. The number of fused-ring (bicyclic) bond motifs is 1. The largest absolute Gasteiger partial charge is 0.490 e. The molecule has 1 aromatic heterocycles. The second kappa shape index (κ2) is 11.2. The fraction of sp³-hybridized carbons (Fsp3) is 0.375. The molecular formula is C24H30N2O2. The fourth-order valence-electron chi connectivity index (χ4n) is 3.13. The van der Waals surface area contributed by atoms with Crippen molar-refractivity contribution in [3.63, 3.8) is 0 Å². The molecule has 0 aliphatic heterocycles. The monoisotopic (exact) mass is 378 g/mol. The van der Waals surface area contributed by atoms with Crippen LogP contribution in [0.2, 0.25) is 0 Å². The van der Waals surface area contributed by atoms with Crippen molar-refractivity contribution in [3.05, 3.63) is 60.8 Å². The molecule has 1 heterocycles. The zero-order valence-corrected chi connectivity index (χ0v) is 16.7. The Morgan fingerprint density at radius 1 is 0.786 bits per heavy atom. The maximum Gasteiger partial charge on any atom is 0.161 e. The molecule has 0 spiro atoms. The lowest BCUT2D eigenvalue weighted by atomic mass is 10.2. The van der Waals surface area contributed by atoms with E-state index in [4.69, 9.17) is 9.47 Å². The molecule has 0 unspecified atom stereocenters. The molecule has 0 atom stereocenters. The van der Waals surface area contributed by atoms with E-state index in [1.165, 1.54) is 19.3 Å². The minimum Gasteiger partial charge on any atom is -0.490 e. The number of nitrogens with zero attached hydrogens (tertiary/aromatic N) is 1. The van der Waals surface area contributed by atoms with Gasteiger partial charge < -0.3 is 14.8 Å². The van der Waals surface area contributed by atoms with Crippen LogP contribution in [0.3, 0.4) is 0 Å². The number of aromatic nitrogens is 1. The second-order valence-corrected chi connectivity index (χ2v) is 6.86. The molecule has 0 saturated carbocycles. The Morgan fingerprint density at radius 2 is 1.50 bits per heavy atom. The van der Waals surface area contributed by atoms with Crippen LogP contribution in [0.1, 0.15) is 39.0 Å². The molecule has 0 saturated heterocycles. The minimum atomic E-state index is 0.645. The van der Waals surface area contributed by atoms with Gasteiger partial charge in [-0.05, 0) is 37.1 Å². The van der Waals surface area contributed by atoms with E-state index in [1.807, 2.05) is 54.7 Å². The van der Waals surface area contributed by atoms with Crippen LogP contribution in [0.5, 0.6) is 11.5 Å². The highest BCUT2D eigenvalue weighted by atomic mass is 16.5. The highest BCUT2D eigenvalue weighted by Gasteiger charge is 2.04. The molecule has 0 bridgehead atoms. The van der Waals surface area contributed by atoms with Gasteiger partial charge in [0.1, 0.15) is 0 Å². The smallest absolute Gasteiger partial charge is 0.161 e. The normalized spacial score (nSPS) is 10.8. The number of para-hydroxylation sites is 3. The van der Waals surface area contributed by atoms with E-state index < -0.39 is 0 Å². The molecule has 0 radical (unpaired) electrons. The lowest BCUT2D eigenvalue weighted by molar-refractivity contribution is 0.262. The van der Waals surface area contributed by atoms with E-state index in [0.29, 0.717) is 6.61 Å². The summed E-state index contributed by atoms with van der Waals surface area (Å²) in [5.41, 5.74) is 2.12. The predicted molar refractivity (Wildman–Crippen MR) is 116 cm³/mol. The molecule has 0 amide bonds. The topological polar surface area (TPSA) is 43.4 Å². The van der Waals surface area contributed by atoms with Crippen molar-refractivity contribution in [2.24, 2.45) is 0 Å². The molecule has 0 aliphatic rings. The van der Waals surface area contributed by atoms with Crippen molar-refractivity contribution in [2.45, 2.75) is 39.0 Å². The standard InChI is InChI=1S/C24H30N2O2/c1-2-3-4-9-18-27-23-13-7-8-14-24(23)28-19-10-16-25-22-15-17-26-21-12-6-5-11-20(21)22/h5-8,11-15,17H,2-4,9-10,16,18-19H2,1H3,(H,25,26). The molecule has 1 N–H and O–H groups in total. The zero-order valence-electron chi connectivity index (χ0n) is 16.7. The van der Waals surface area contributed by atoms with Gasteiger partial charge in [0.15, 0.2) is 11.5 Å². The first-order valence-electron chi connectivity index (χ1n) is 10.3. The number of ether oxygens (including phenoxy) is 2. The molecule has 148 valence electrons. The van der Waals surface area contributed by atoms with Crippen molar-refractivity contribution in [3.8, 4) is 11.5 Å². The number of hydrogen-bond acceptors (Lipinski definition) is 4. The Balaban J connectivity index is 1.43. The molecule has 3 rings (SSSR count). The second-order valence-electron chi connectivity index (χ2n) is 6.86. The van der Waals surface area contributed by atoms with Gasteiger partial charge in [0.05, 0.1) is 18.7 Å². The average molecular weight is 379 g/mol. The predicted octanol–water partition coefficient (Wildman–Crippen LogP) is 6.07. The van der Waals surface area contributed by atoms with Gasteiger partial charge >= 0.3 is 0 Å². The average Bonchev–Trinajstić information content (AvgIpc) is 2.74. The van der Waals surface area contributed by atoms with E-state index in [2.05, 4.69) is 23.3 Å². The van der Waals surface area contributed by atoms with Crippen LogP contribution in [0.25, 0.3) is 10.9 Å². The van der Waals surface area contributed by atoms with Crippen LogP contribution in [0, 0.1) is 0 Å². The minimum absolute atomic E-state index is 0.645. The molecule has 4 heteroatoms. The van der Waals surface area contributed by atoms with Gasteiger partial charge in [-0.15, -0.1) is 0 Å². The van der Waals surface area contributed by atoms with Crippen molar-refractivity contribution in [2.75, 3.05) is 25.1 Å². The summed E-state index contributed by atoms with van der Waals surface area (Å²) in [7, 11) is 0. The Morgan fingerprint density at radius 3 is 2.29 bits per heavy atom. The van der Waals surface area contributed by atoms with Gasteiger partial charge in [-0.2, -0.15) is 0 Å². The summed E-state index contributed by atoms with van der Waals surface area (Å²) >= 11 is 0. The highest BCUT2D eigenvalue weighted by Crippen LogP contribution is 2.27. The number of hydrogen-bond donors (Lipinski definition) is 1. The Hall–Kier alpha value is -2.75. The van der Waals surface area contributed by atoms with Gasteiger partial charge in [-0.1, -0.05) is 56.5 Å². The van der Waals surface area contributed by atoms with Crippen molar-refractivity contribution >= 4 is 16.6 Å². The summed E-state index contributed by atoms with van der Waals surface area (Å²) in [6.45, 7) is 4.45. The Bertz CT molecular complexity index is 845. The summed E-state index contributed by atoms with van der Waals surface area (Å²) in [6.07, 6.45) is 7.56. The van der Waals surface area contributed by atoms with E-state index in [0.717, 1.165) is 54.1 Å². The quantitative estimate of drug-likeness (QED) is 0.388. The number of rotatable bonds is 12. The third-order valence-corrected chi connectivity index (χ3v) is 4.65. The first kappa shape index (κ1) is 20.0. The molecule has 3 aromatic rings. The van der Waals surface area contributed by atoms with Crippen LogP contribution in [-0.4, -0.2) is 24.7 Å². The summed E-state index contributed by atoms with van der Waals surface area (Å²) in [5, 5.41) is 4.64. The summed E-state index contributed by atoms with van der Waals surface area (Å²) in [6, 6.07) is 18.1. The van der Waals surface area contributed by atoms with E-state index in [9.17, 15) is 0 Å². The van der Waals surface area contributed by atoms with Crippen molar-refractivity contribution < 1.29 is 9.47 Å². The number of benzene rings is 2. The Labute approximate surface area is 167 Å². The van der Waals surface area contributed by atoms with Gasteiger partial charge in [-0.3, -0.25) is 4.98 Å². The lowest BCUT2D eigenvalue weighted by Crippen LogP contribution is -2.08. The van der Waals surface area contributed by atoms with Crippen molar-refractivity contribution in [1.29, 1.82) is 0 Å². The highest BCUT2D eigenvalue weighted by molar-refractivity contribution is 5.90. The van der Waals surface area contributed by atoms with Crippen LogP contribution in [-0.2, 0) is 0 Å². The van der Waals surface area contributed by atoms with Crippen LogP contribution in [0.4, 0.5) is 5.69 Å². The van der Waals surface area contributed by atoms with E-state index >= 15 is 0 Å². The number of pyridine rings is 1. The van der Waals surface area contributed by atoms with E-state index in [-0.39, 0.29) is 0 Å². The first-order valence-corrected chi connectivity index (χ1v) is 10.3.